The number of hydrazine groups is 1. The Kier molecular flexibility index (Phi) is 6.62. The number of aryl methyl sites for hydroxylation is 1. The molecule has 32 heavy (non-hydrogen) atoms. The molecule has 162 valence electrons. The van der Waals surface area contributed by atoms with Crippen LogP contribution in [-0.2, 0) is 16.0 Å². The number of aromatic nitrogens is 1. The normalized spacial score (nSPS) is 10.5. The van der Waals surface area contributed by atoms with Gasteiger partial charge in [0, 0.05) is 5.56 Å². The minimum Gasteiger partial charge on any atom is -0.483 e. The Bertz CT molecular complexity index is 1200. The molecule has 0 spiro atoms. The Hall–Kier alpha value is -3.91. The van der Waals surface area contributed by atoms with Crippen molar-refractivity contribution < 1.29 is 18.7 Å². The Morgan fingerprint density at radius 2 is 1.72 bits per heavy atom. The standard InChI is InChI=1S/C24H21N3O4S/c1-16-19(25-24(31-16)21-12-7-13-32-21)14-22(28)26-27-23(29)15-30-20-11-6-5-10-18(20)17-8-3-2-4-9-17/h2-13H,14-15H2,1H3,(H,26,28)(H,27,29). The molecule has 0 aliphatic carbocycles. The second-order valence-electron chi connectivity index (χ2n) is 6.92. The van der Waals surface area contributed by atoms with Crippen LogP contribution in [0.15, 0.2) is 76.5 Å². The van der Waals surface area contributed by atoms with Gasteiger partial charge in [-0.25, -0.2) is 4.98 Å². The molecule has 2 aromatic heterocycles. The highest BCUT2D eigenvalue weighted by molar-refractivity contribution is 7.13. The topological polar surface area (TPSA) is 93.5 Å². The van der Waals surface area contributed by atoms with E-state index in [0.717, 1.165) is 16.0 Å². The second-order valence-corrected chi connectivity index (χ2v) is 7.87. The van der Waals surface area contributed by atoms with E-state index in [2.05, 4.69) is 15.8 Å². The van der Waals surface area contributed by atoms with Crippen molar-refractivity contribution in [1.29, 1.82) is 0 Å². The zero-order chi connectivity index (χ0) is 22.3. The number of para-hydroxylation sites is 1. The van der Waals surface area contributed by atoms with Gasteiger partial charge in [-0.1, -0.05) is 54.6 Å². The molecule has 0 unspecified atom stereocenters. The predicted molar refractivity (Wildman–Crippen MR) is 122 cm³/mol. The van der Waals surface area contributed by atoms with Crippen LogP contribution in [0.3, 0.4) is 0 Å². The summed E-state index contributed by atoms with van der Waals surface area (Å²) < 4.78 is 11.3. The van der Waals surface area contributed by atoms with Crippen LogP contribution in [0.2, 0.25) is 0 Å². The monoisotopic (exact) mass is 447 g/mol. The van der Waals surface area contributed by atoms with E-state index in [0.29, 0.717) is 23.1 Å². The third-order valence-electron chi connectivity index (χ3n) is 4.62. The first-order valence-electron chi connectivity index (χ1n) is 9.95. The van der Waals surface area contributed by atoms with Gasteiger partial charge in [0.25, 0.3) is 5.91 Å². The van der Waals surface area contributed by atoms with Crippen molar-refractivity contribution in [1.82, 2.24) is 15.8 Å². The van der Waals surface area contributed by atoms with Gasteiger partial charge in [-0.2, -0.15) is 0 Å². The molecule has 0 aliphatic heterocycles. The second kappa shape index (κ2) is 9.93. The molecule has 0 fully saturated rings. The van der Waals surface area contributed by atoms with Gasteiger partial charge in [-0.3, -0.25) is 20.4 Å². The molecule has 2 N–H and O–H groups in total. The van der Waals surface area contributed by atoms with Crippen molar-refractivity contribution in [2.24, 2.45) is 0 Å². The Balaban J connectivity index is 1.29. The van der Waals surface area contributed by atoms with Crippen molar-refractivity contribution in [2.45, 2.75) is 13.3 Å². The van der Waals surface area contributed by atoms with Gasteiger partial charge >= 0.3 is 0 Å². The van der Waals surface area contributed by atoms with E-state index in [9.17, 15) is 9.59 Å². The summed E-state index contributed by atoms with van der Waals surface area (Å²) in [7, 11) is 0. The first kappa shape index (κ1) is 21.3. The fourth-order valence-corrected chi connectivity index (χ4v) is 3.71. The van der Waals surface area contributed by atoms with Crippen LogP contribution in [0.5, 0.6) is 5.75 Å². The van der Waals surface area contributed by atoms with Gasteiger partial charge in [0.15, 0.2) is 6.61 Å². The number of nitrogens with zero attached hydrogens (tertiary/aromatic N) is 1. The van der Waals surface area contributed by atoms with Gasteiger partial charge < -0.3 is 9.15 Å². The van der Waals surface area contributed by atoms with E-state index in [1.165, 1.54) is 11.3 Å². The summed E-state index contributed by atoms with van der Waals surface area (Å²) >= 11 is 1.51. The molecule has 4 aromatic rings. The maximum atomic E-state index is 12.2. The van der Waals surface area contributed by atoms with Crippen molar-refractivity contribution in [2.75, 3.05) is 6.61 Å². The van der Waals surface area contributed by atoms with E-state index >= 15 is 0 Å². The van der Waals surface area contributed by atoms with Crippen LogP contribution in [0.1, 0.15) is 11.5 Å². The maximum absolute atomic E-state index is 12.2. The average molecular weight is 448 g/mol. The van der Waals surface area contributed by atoms with Crippen LogP contribution in [0.25, 0.3) is 21.9 Å². The molecular weight excluding hydrogens is 426 g/mol. The zero-order valence-electron chi connectivity index (χ0n) is 17.3. The number of carbonyl (C=O) groups excluding carboxylic acids is 2. The highest BCUT2D eigenvalue weighted by Gasteiger charge is 2.16. The third-order valence-corrected chi connectivity index (χ3v) is 5.48. The Labute approximate surface area is 189 Å². The van der Waals surface area contributed by atoms with Crippen molar-refractivity contribution in [3.8, 4) is 27.6 Å². The summed E-state index contributed by atoms with van der Waals surface area (Å²) in [4.78, 5) is 29.7. The molecule has 2 aromatic carbocycles. The molecule has 0 aliphatic rings. The number of benzene rings is 2. The summed E-state index contributed by atoms with van der Waals surface area (Å²) in [6, 6.07) is 21.0. The number of hydrogen-bond donors (Lipinski definition) is 2. The summed E-state index contributed by atoms with van der Waals surface area (Å²) in [6.07, 6.45) is -0.0152. The van der Waals surface area contributed by atoms with E-state index in [1.807, 2.05) is 66.0 Å². The number of hydrogen-bond acceptors (Lipinski definition) is 6. The predicted octanol–water partition coefficient (Wildman–Crippen LogP) is 4.15. The Morgan fingerprint density at radius 3 is 2.50 bits per heavy atom. The molecule has 0 saturated carbocycles. The fraction of sp³-hybridized carbons (Fsp3) is 0.125. The lowest BCUT2D eigenvalue weighted by Crippen LogP contribution is -2.44. The summed E-state index contributed by atoms with van der Waals surface area (Å²) in [5, 5.41) is 1.93. The molecule has 0 radical (unpaired) electrons. The molecule has 7 nitrogen and oxygen atoms in total. The van der Waals surface area contributed by atoms with Crippen LogP contribution < -0.4 is 15.6 Å². The molecule has 0 atom stereocenters. The van der Waals surface area contributed by atoms with Crippen molar-refractivity contribution in [3.63, 3.8) is 0 Å². The number of amides is 2. The van der Waals surface area contributed by atoms with Crippen LogP contribution in [0, 0.1) is 6.92 Å². The minimum absolute atomic E-state index is 0.0152. The number of nitrogens with one attached hydrogen (secondary N) is 2. The first-order valence-corrected chi connectivity index (χ1v) is 10.8. The van der Waals surface area contributed by atoms with Gasteiger partial charge in [0.1, 0.15) is 11.5 Å². The number of ether oxygens (including phenoxy) is 1. The van der Waals surface area contributed by atoms with E-state index in [-0.39, 0.29) is 13.0 Å². The van der Waals surface area contributed by atoms with Gasteiger partial charge in [0.2, 0.25) is 11.8 Å². The van der Waals surface area contributed by atoms with Crippen LogP contribution in [-0.4, -0.2) is 23.4 Å². The van der Waals surface area contributed by atoms with E-state index < -0.39 is 11.8 Å². The van der Waals surface area contributed by atoms with Gasteiger partial charge in [0.05, 0.1) is 17.0 Å². The fourth-order valence-electron chi connectivity index (χ4n) is 3.06. The largest absolute Gasteiger partial charge is 0.483 e. The molecule has 0 bridgehead atoms. The number of carbonyl (C=O) groups is 2. The molecule has 0 saturated heterocycles. The Morgan fingerprint density at radius 1 is 0.969 bits per heavy atom. The van der Waals surface area contributed by atoms with E-state index in [4.69, 9.17) is 9.15 Å². The number of rotatable bonds is 7. The van der Waals surface area contributed by atoms with Crippen LogP contribution >= 0.6 is 11.3 Å². The first-order chi connectivity index (χ1) is 15.6. The maximum Gasteiger partial charge on any atom is 0.276 e. The minimum atomic E-state index is -0.475. The number of oxazole rings is 1. The average Bonchev–Trinajstić information content (AvgIpc) is 3.47. The SMILES string of the molecule is Cc1oc(-c2cccs2)nc1CC(=O)NNC(=O)COc1ccccc1-c1ccccc1. The molecular formula is C24H21N3O4S. The summed E-state index contributed by atoms with van der Waals surface area (Å²) in [5.41, 5.74) is 7.14. The zero-order valence-corrected chi connectivity index (χ0v) is 18.1. The molecule has 4 rings (SSSR count). The lowest BCUT2D eigenvalue weighted by Gasteiger charge is -2.12. The summed E-state index contributed by atoms with van der Waals surface area (Å²) in [6.45, 7) is 1.51. The lowest BCUT2D eigenvalue weighted by molar-refractivity contribution is -0.129. The van der Waals surface area contributed by atoms with Gasteiger partial charge in [-0.15, -0.1) is 11.3 Å². The molecule has 8 heteroatoms. The van der Waals surface area contributed by atoms with Crippen molar-refractivity contribution >= 4 is 23.2 Å². The third kappa shape index (κ3) is 5.22. The summed E-state index contributed by atoms with van der Waals surface area (Å²) in [5.74, 6) is 0.750. The molecule has 2 amide bonds. The molecule has 2 heterocycles. The van der Waals surface area contributed by atoms with Crippen LogP contribution in [0.4, 0.5) is 0 Å². The lowest BCUT2D eigenvalue weighted by atomic mass is 10.1. The highest BCUT2D eigenvalue weighted by atomic mass is 32.1. The number of thiophene rings is 1. The van der Waals surface area contributed by atoms with Crippen molar-refractivity contribution in [3.05, 3.63) is 83.6 Å². The van der Waals surface area contributed by atoms with E-state index in [1.54, 1.807) is 13.0 Å². The van der Waals surface area contributed by atoms with Gasteiger partial charge in [-0.05, 0) is 30.0 Å². The quantitative estimate of drug-likeness (QED) is 0.415. The highest BCUT2D eigenvalue weighted by Crippen LogP contribution is 2.29. The smallest absolute Gasteiger partial charge is 0.276 e.